The van der Waals surface area contributed by atoms with Crippen LogP contribution in [0.15, 0.2) is 36.4 Å². The Morgan fingerprint density at radius 3 is 2.53 bits per heavy atom. The Hall–Kier alpha value is -3.79. The van der Waals surface area contributed by atoms with E-state index in [9.17, 15) is 19.2 Å². The molecule has 1 aliphatic rings. The van der Waals surface area contributed by atoms with Crippen molar-refractivity contribution in [3.63, 3.8) is 0 Å². The number of carbonyl (C=O) groups is 4. The number of hydrogen-bond acceptors (Lipinski definition) is 7. The minimum atomic E-state index is -0.820. The van der Waals surface area contributed by atoms with Crippen LogP contribution in [-0.2, 0) is 19.1 Å². The van der Waals surface area contributed by atoms with Crippen molar-refractivity contribution >= 4 is 41.0 Å². The fourth-order valence-electron chi connectivity index (χ4n) is 3.31. The van der Waals surface area contributed by atoms with Gasteiger partial charge in [-0.2, -0.15) is 0 Å². The van der Waals surface area contributed by atoms with Gasteiger partial charge in [-0.3, -0.25) is 29.6 Å². The Balaban J connectivity index is 1.52. The summed E-state index contributed by atoms with van der Waals surface area (Å²) in [6.07, 6.45) is -0.153. The molecule has 0 aliphatic carbocycles. The van der Waals surface area contributed by atoms with Crippen molar-refractivity contribution in [3.05, 3.63) is 52.5 Å². The number of nitrogens with zero attached hydrogens (tertiary/aromatic N) is 1. The van der Waals surface area contributed by atoms with Gasteiger partial charge in [-0.25, -0.2) is 0 Å². The Kier molecular flexibility index (Phi) is 7.95. The molecule has 180 valence electrons. The highest BCUT2D eigenvalue weighted by Gasteiger charge is 2.36. The summed E-state index contributed by atoms with van der Waals surface area (Å²) in [5, 5.41) is 4.13. The molecule has 2 aromatic carbocycles. The summed E-state index contributed by atoms with van der Waals surface area (Å²) in [7, 11) is 2.91. The minimum absolute atomic E-state index is 0.0777. The van der Waals surface area contributed by atoms with E-state index in [1.807, 2.05) is 0 Å². The lowest BCUT2D eigenvalue weighted by Gasteiger charge is -2.18. The van der Waals surface area contributed by atoms with E-state index in [1.165, 1.54) is 26.4 Å². The van der Waals surface area contributed by atoms with Crippen molar-refractivity contribution in [2.75, 3.05) is 32.7 Å². The maximum atomic E-state index is 12.6. The molecule has 10 nitrogen and oxygen atoms in total. The predicted octanol–water partition coefficient (Wildman–Crippen LogP) is 2.34. The van der Waals surface area contributed by atoms with E-state index in [1.54, 1.807) is 31.2 Å². The van der Waals surface area contributed by atoms with Gasteiger partial charge in [0.2, 0.25) is 5.91 Å². The molecule has 2 N–H and O–H groups in total. The van der Waals surface area contributed by atoms with Gasteiger partial charge in [0, 0.05) is 22.7 Å². The van der Waals surface area contributed by atoms with Gasteiger partial charge in [0.1, 0.15) is 0 Å². The summed E-state index contributed by atoms with van der Waals surface area (Å²) in [5.41, 5.74) is 4.02. The van der Waals surface area contributed by atoms with Crippen LogP contribution in [0.4, 0.5) is 5.69 Å². The number of methoxy groups -OCH3 is 2. The zero-order chi connectivity index (χ0) is 24.8. The molecule has 1 heterocycles. The van der Waals surface area contributed by atoms with Gasteiger partial charge in [0.25, 0.3) is 11.8 Å². The van der Waals surface area contributed by atoms with Crippen LogP contribution >= 0.6 is 11.6 Å². The number of aryl methyl sites for hydroxylation is 1. The lowest BCUT2D eigenvalue weighted by atomic mass is 10.1. The van der Waals surface area contributed by atoms with Crippen molar-refractivity contribution < 1.29 is 33.4 Å². The molecule has 11 heteroatoms. The average molecular weight is 490 g/mol. The van der Waals surface area contributed by atoms with Crippen molar-refractivity contribution in [2.24, 2.45) is 5.92 Å². The predicted molar refractivity (Wildman–Crippen MR) is 123 cm³/mol. The molecule has 0 bridgehead atoms. The zero-order valence-electron chi connectivity index (χ0n) is 18.8. The second-order valence-corrected chi connectivity index (χ2v) is 7.97. The third kappa shape index (κ3) is 5.96. The van der Waals surface area contributed by atoms with Gasteiger partial charge in [0.15, 0.2) is 18.1 Å². The number of hydrazine groups is 1. The monoisotopic (exact) mass is 489 g/mol. The van der Waals surface area contributed by atoms with Crippen molar-refractivity contribution in [1.29, 1.82) is 0 Å². The topological polar surface area (TPSA) is 123 Å². The smallest absolute Gasteiger partial charge is 0.311 e. The van der Waals surface area contributed by atoms with Gasteiger partial charge in [-0.1, -0.05) is 17.7 Å². The Labute approximate surface area is 201 Å². The van der Waals surface area contributed by atoms with Crippen LogP contribution in [-0.4, -0.2) is 56.1 Å². The van der Waals surface area contributed by atoms with E-state index >= 15 is 0 Å². The Morgan fingerprint density at radius 2 is 1.82 bits per heavy atom. The van der Waals surface area contributed by atoms with Crippen LogP contribution in [0.2, 0.25) is 5.02 Å². The molecular formula is C23H24ClN3O7. The second kappa shape index (κ2) is 10.9. The summed E-state index contributed by atoms with van der Waals surface area (Å²) in [4.78, 5) is 49.4. The fraction of sp³-hybridized carbons (Fsp3) is 0.304. The first-order valence-electron chi connectivity index (χ1n) is 10.3. The number of amides is 3. The van der Waals surface area contributed by atoms with E-state index in [0.717, 1.165) is 10.6 Å². The molecule has 0 spiro atoms. The van der Waals surface area contributed by atoms with Crippen molar-refractivity contribution in [1.82, 2.24) is 10.4 Å². The van der Waals surface area contributed by atoms with Gasteiger partial charge in [0.05, 0.1) is 26.7 Å². The van der Waals surface area contributed by atoms with Gasteiger partial charge < -0.3 is 19.5 Å². The molecule has 1 fully saturated rings. The molecule has 3 amide bonds. The normalized spacial score (nSPS) is 15.0. The SMILES string of the molecule is COc1ccc(C(=O)NN2C[C@H](C(=O)OCC(=O)Nc3cc(Cl)ccc3C)CC2=O)cc1OC. The third-order valence-corrected chi connectivity index (χ3v) is 5.39. The zero-order valence-corrected chi connectivity index (χ0v) is 19.6. The first-order valence-corrected chi connectivity index (χ1v) is 10.7. The van der Waals surface area contributed by atoms with Crippen LogP contribution in [0.5, 0.6) is 11.5 Å². The van der Waals surface area contributed by atoms with Crippen LogP contribution in [0.3, 0.4) is 0 Å². The van der Waals surface area contributed by atoms with Crippen molar-refractivity contribution in [2.45, 2.75) is 13.3 Å². The highest BCUT2D eigenvalue weighted by atomic mass is 35.5. The maximum Gasteiger partial charge on any atom is 0.311 e. The van der Waals surface area contributed by atoms with Crippen LogP contribution < -0.4 is 20.2 Å². The lowest BCUT2D eigenvalue weighted by Crippen LogP contribution is -2.43. The summed E-state index contributed by atoms with van der Waals surface area (Å²) in [6.45, 7) is 1.20. The standard InChI is InChI=1S/C23H24ClN3O7/c1-13-4-6-16(24)10-17(13)25-20(28)12-34-23(31)15-9-21(29)27(11-15)26-22(30)14-5-7-18(32-2)19(8-14)33-3/h4-8,10,15H,9,11-12H2,1-3H3,(H,25,28)(H,26,30)/t15-/m1/s1. The average Bonchev–Trinajstić information content (AvgIpc) is 3.19. The Bertz CT molecular complexity index is 1120. The molecular weight excluding hydrogens is 466 g/mol. The first kappa shape index (κ1) is 24.8. The number of rotatable bonds is 8. The quantitative estimate of drug-likeness (QED) is 0.545. The van der Waals surface area contributed by atoms with E-state index in [-0.39, 0.29) is 18.5 Å². The number of ether oxygens (including phenoxy) is 3. The maximum absolute atomic E-state index is 12.6. The molecule has 0 radical (unpaired) electrons. The van der Waals surface area contributed by atoms with E-state index in [0.29, 0.717) is 22.2 Å². The molecule has 2 aromatic rings. The number of hydrogen-bond donors (Lipinski definition) is 2. The summed E-state index contributed by atoms with van der Waals surface area (Å²) in [6, 6.07) is 9.59. The fourth-order valence-corrected chi connectivity index (χ4v) is 3.48. The van der Waals surface area contributed by atoms with Gasteiger partial charge in [-0.15, -0.1) is 0 Å². The van der Waals surface area contributed by atoms with E-state index in [4.69, 9.17) is 25.8 Å². The highest BCUT2D eigenvalue weighted by Crippen LogP contribution is 2.28. The van der Waals surface area contributed by atoms with E-state index < -0.39 is 36.2 Å². The molecule has 1 saturated heterocycles. The number of anilines is 1. The minimum Gasteiger partial charge on any atom is -0.493 e. The number of nitrogens with one attached hydrogen (secondary N) is 2. The summed E-state index contributed by atoms with van der Waals surface area (Å²) >= 11 is 5.93. The number of benzene rings is 2. The number of esters is 1. The van der Waals surface area contributed by atoms with Gasteiger partial charge >= 0.3 is 5.97 Å². The molecule has 1 atom stereocenters. The van der Waals surface area contributed by atoms with Gasteiger partial charge in [-0.05, 0) is 42.8 Å². The summed E-state index contributed by atoms with van der Waals surface area (Å²) in [5.74, 6) is -2.27. The highest BCUT2D eigenvalue weighted by molar-refractivity contribution is 6.31. The van der Waals surface area contributed by atoms with Crippen LogP contribution in [0.25, 0.3) is 0 Å². The largest absolute Gasteiger partial charge is 0.493 e. The number of halogens is 1. The van der Waals surface area contributed by atoms with Crippen LogP contribution in [0.1, 0.15) is 22.3 Å². The van der Waals surface area contributed by atoms with Crippen LogP contribution in [0, 0.1) is 12.8 Å². The Morgan fingerprint density at radius 1 is 1.09 bits per heavy atom. The third-order valence-electron chi connectivity index (χ3n) is 5.16. The molecule has 34 heavy (non-hydrogen) atoms. The lowest BCUT2D eigenvalue weighted by molar-refractivity contribution is -0.151. The second-order valence-electron chi connectivity index (χ2n) is 7.53. The molecule has 0 saturated carbocycles. The van der Waals surface area contributed by atoms with E-state index in [2.05, 4.69) is 10.7 Å². The molecule has 0 aromatic heterocycles. The molecule has 1 aliphatic heterocycles. The molecule has 3 rings (SSSR count). The van der Waals surface area contributed by atoms with Crippen molar-refractivity contribution in [3.8, 4) is 11.5 Å². The summed E-state index contributed by atoms with van der Waals surface area (Å²) < 4.78 is 15.4. The number of carbonyl (C=O) groups excluding carboxylic acids is 4. The molecule has 0 unspecified atom stereocenters. The first-order chi connectivity index (χ1) is 16.2.